The zero-order valence-corrected chi connectivity index (χ0v) is 6.69. The summed E-state index contributed by atoms with van der Waals surface area (Å²) in [5.74, 6) is -5.07. The first kappa shape index (κ1) is 11.5. The molecule has 0 saturated carbocycles. The van der Waals surface area contributed by atoms with Gasteiger partial charge in [-0.15, -0.1) is 0 Å². The fourth-order valence-corrected chi connectivity index (χ4v) is 0.646. The van der Waals surface area contributed by atoms with Crippen LogP contribution in [0.5, 0.6) is 0 Å². The number of anilines is 1. The number of alkyl halides is 6. The number of halogens is 6. The van der Waals surface area contributed by atoms with Crippen molar-refractivity contribution in [2.24, 2.45) is 0 Å². The van der Waals surface area contributed by atoms with Crippen LogP contribution in [0.25, 0.3) is 0 Å². The smallest absolute Gasteiger partial charge is 0.368 e. The van der Waals surface area contributed by atoms with E-state index in [0.29, 0.717) is 0 Å². The number of nitrogens with zero attached hydrogens (tertiary/aromatic N) is 3. The third-order valence-corrected chi connectivity index (χ3v) is 1.16. The molecule has 1 heterocycles. The van der Waals surface area contributed by atoms with Gasteiger partial charge in [0.2, 0.25) is 17.6 Å². The van der Waals surface area contributed by atoms with E-state index >= 15 is 0 Å². The Bertz CT molecular complexity index is 337. The van der Waals surface area contributed by atoms with Gasteiger partial charge >= 0.3 is 12.4 Å². The van der Waals surface area contributed by atoms with Gasteiger partial charge in [0.25, 0.3) is 0 Å². The van der Waals surface area contributed by atoms with E-state index in [2.05, 4.69) is 15.0 Å². The van der Waals surface area contributed by atoms with Gasteiger partial charge in [-0.25, -0.2) is 4.98 Å². The highest BCUT2D eigenvalue weighted by atomic mass is 19.4. The predicted molar refractivity (Wildman–Crippen MR) is 34.2 cm³/mol. The summed E-state index contributed by atoms with van der Waals surface area (Å²) in [6, 6.07) is 0. The topological polar surface area (TPSA) is 64.7 Å². The van der Waals surface area contributed by atoms with Crippen molar-refractivity contribution >= 4 is 5.95 Å². The molecule has 0 aliphatic heterocycles. The first-order valence-electron chi connectivity index (χ1n) is 3.26. The number of nitrogens with two attached hydrogens (primary N) is 1. The molecule has 0 bridgehead atoms. The van der Waals surface area contributed by atoms with Crippen molar-refractivity contribution < 1.29 is 26.3 Å². The monoisotopic (exact) mass is 232 g/mol. The van der Waals surface area contributed by atoms with Crippen LogP contribution in [0.1, 0.15) is 11.6 Å². The molecule has 2 N–H and O–H groups in total. The van der Waals surface area contributed by atoms with E-state index in [4.69, 9.17) is 5.73 Å². The fraction of sp³-hybridized carbons (Fsp3) is 0.400. The van der Waals surface area contributed by atoms with Crippen LogP contribution >= 0.6 is 0 Å². The first-order valence-corrected chi connectivity index (χ1v) is 3.26. The quantitative estimate of drug-likeness (QED) is 0.688. The Morgan fingerprint density at radius 3 is 1.33 bits per heavy atom. The lowest BCUT2D eigenvalue weighted by Gasteiger charge is -2.08. The van der Waals surface area contributed by atoms with Gasteiger partial charge < -0.3 is 5.73 Å². The molecule has 0 unspecified atom stereocenters. The summed E-state index contributed by atoms with van der Waals surface area (Å²) >= 11 is 0. The summed E-state index contributed by atoms with van der Waals surface area (Å²) in [6.07, 6.45) is -10.2. The van der Waals surface area contributed by atoms with Crippen LogP contribution in [0.3, 0.4) is 0 Å². The van der Waals surface area contributed by atoms with Crippen molar-refractivity contribution in [3.8, 4) is 0 Å². The zero-order chi connectivity index (χ0) is 11.9. The standard InChI is InChI=1S/C5H2F6N4/c6-4(7,8)1-13-2(5(9,10)11)15-3(12)14-1/h(H2,12,13,14,15). The molecule has 0 spiro atoms. The lowest BCUT2D eigenvalue weighted by Crippen LogP contribution is -2.20. The molecule has 0 saturated heterocycles. The second-order valence-corrected chi connectivity index (χ2v) is 2.34. The van der Waals surface area contributed by atoms with Crippen LogP contribution in [0.2, 0.25) is 0 Å². The largest absolute Gasteiger partial charge is 0.451 e. The number of nitrogen functional groups attached to an aromatic ring is 1. The van der Waals surface area contributed by atoms with E-state index < -0.39 is 29.9 Å². The number of rotatable bonds is 0. The van der Waals surface area contributed by atoms with E-state index in [-0.39, 0.29) is 0 Å². The number of hydrogen-bond acceptors (Lipinski definition) is 4. The molecule has 1 aromatic heterocycles. The maximum Gasteiger partial charge on any atom is 0.451 e. The van der Waals surface area contributed by atoms with E-state index in [0.717, 1.165) is 0 Å². The Morgan fingerprint density at radius 1 is 0.733 bits per heavy atom. The summed E-state index contributed by atoms with van der Waals surface area (Å²) in [4.78, 5) is 7.32. The lowest BCUT2D eigenvalue weighted by molar-refractivity contribution is -0.155. The number of aromatic nitrogens is 3. The molecule has 0 amide bonds. The highest BCUT2D eigenvalue weighted by molar-refractivity contribution is 5.17. The molecule has 0 aliphatic carbocycles. The van der Waals surface area contributed by atoms with Crippen molar-refractivity contribution in [1.82, 2.24) is 15.0 Å². The van der Waals surface area contributed by atoms with E-state index in [1.165, 1.54) is 0 Å². The van der Waals surface area contributed by atoms with Gasteiger partial charge in [0.05, 0.1) is 0 Å². The maximum atomic E-state index is 12.0. The van der Waals surface area contributed by atoms with Crippen molar-refractivity contribution in [3.05, 3.63) is 11.6 Å². The second kappa shape index (κ2) is 3.21. The predicted octanol–water partition coefficient (Wildman–Crippen LogP) is 1.49. The molecule has 4 nitrogen and oxygen atoms in total. The van der Waals surface area contributed by atoms with Gasteiger partial charge in [0, 0.05) is 0 Å². The van der Waals surface area contributed by atoms with E-state index in [1.807, 2.05) is 0 Å². The Hall–Kier alpha value is -1.61. The van der Waals surface area contributed by atoms with Crippen molar-refractivity contribution in [1.29, 1.82) is 0 Å². The maximum absolute atomic E-state index is 12.0. The molecule has 0 aliphatic rings. The molecule has 1 rings (SSSR count). The van der Waals surface area contributed by atoms with Gasteiger partial charge in [0.15, 0.2) is 0 Å². The normalized spacial score (nSPS) is 12.9. The van der Waals surface area contributed by atoms with Gasteiger partial charge in [-0.3, -0.25) is 0 Å². The summed E-state index contributed by atoms with van der Waals surface area (Å²) in [5.41, 5.74) is 4.69. The molecule has 84 valence electrons. The molecule has 1 aromatic rings. The minimum Gasteiger partial charge on any atom is -0.368 e. The second-order valence-electron chi connectivity index (χ2n) is 2.34. The van der Waals surface area contributed by atoms with Gasteiger partial charge in [-0.05, 0) is 0 Å². The van der Waals surface area contributed by atoms with Crippen LogP contribution in [0.4, 0.5) is 32.3 Å². The van der Waals surface area contributed by atoms with Crippen molar-refractivity contribution in [2.75, 3.05) is 5.73 Å². The molecule has 10 heteroatoms. The Kier molecular flexibility index (Phi) is 2.45. The van der Waals surface area contributed by atoms with E-state index in [1.54, 1.807) is 0 Å². The third-order valence-electron chi connectivity index (χ3n) is 1.16. The minimum absolute atomic E-state index is 1.13. The summed E-state index contributed by atoms with van der Waals surface area (Å²) in [7, 11) is 0. The van der Waals surface area contributed by atoms with Gasteiger partial charge in [-0.1, -0.05) is 0 Å². The van der Waals surface area contributed by atoms with Crippen LogP contribution < -0.4 is 5.73 Å². The first-order chi connectivity index (χ1) is 6.60. The molecule has 0 aromatic carbocycles. The van der Waals surface area contributed by atoms with Crippen LogP contribution in [0.15, 0.2) is 0 Å². The molecule has 0 atom stereocenters. The molecule has 0 fully saturated rings. The zero-order valence-electron chi connectivity index (χ0n) is 6.69. The lowest BCUT2D eigenvalue weighted by atomic mass is 10.5. The van der Waals surface area contributed by atoms with Gasteiger partial charge in [0.1, 0.15) is 0 Å². The molecular weight excluding hydrogens is 230 g/mol. The van der Waals surface area contributed by atoms with Crippen LogP contribution in [0, 0.1) is 0 Å². The van der Waals surface area contributed by atoms with Gasteiger partial charge in [-0.2, -0.15) is 36.3 Å². The van der Waals surface area contributed by atoms with Crippen LogP contribution in [-0.2, 0) is 12.4 Å². The highest BCUT2D eigenvalue weighted by Crippen LogP contribution is 2.30. The fourth-order valence-electron chi connectivity index (χ4n) is 0.646. The van der Waals surface area contributed by atoms with Crippen LogP contribution in [-0.4, -0.2) is 15.0 Å². The highest BCUT2D eigenvalue weighted by Gasteiger charge is 2.41. The Morgan fingerprint density at radius 2 is 1.07 bits per heavy atom. The summed E-state index contributed by atoms with van der Waals surface area (Å²) < 4.78 is 71.8. The molecule has 0 radical (unpaired) electrons. The molecular formula is C5H2F6N4. The molecule has 15 heavy (non-hydrogen) atoms. The summed E-state index contributed by atoms with van der Waals surface area (Å²) in [6.45, 7) is 0. The Balaban J connectivity index is 3.30. The van der Waals surface area contributed by atoms with Crippen molar-refractivity contribution in [3.63, 3.8) is 0 Å². The summed E-state index contributed by atoms with van der Waals surface area (Å²) in [5, 5.41) is 0. The number of hydrogen-bond donors (Lipinski definition) is 1. The van der Waals surface area contributed by atoms with E-state index in [9.17, 15) is 26.3 Å². The SMILES string of the molecule is Nc1nc(C(F)(F)F)nc(C(F)(F)F)n1. The van der Waals surface area contributed by atoms with Crippen molar-refractivity contribution in [2.45, 2.75) is 12.4 Å². The average molecular weight is 232 g/mol. The third kappa shape index (κ3) is 2.67. The average Bonchev–Trinajstić information content (AvgIpc) is 1.99. The Labute approximate surface area is 78.2 Å². The minimum atomic E-state index is -5.10.